The summed E-state index contributed by atoms with van der Waals surface area (Å²) in [6.45, 7) is 10.7. The third kappa shape index (κ3) is 6.19. The summed E-state index contributed by atoms with van der Waals surface area (Å²) in [5.74, 6) is 1.86. The first kappa shape index (κ1) is 26.0. The van der Waals surface area contributed by atoms with Crippen LogP contribution in [-0.2, 0) is 11.3 Å². The zero-order valence-corrected chi connectivity index (χ0v) is 22.3. The van der Waals surface area contributed by atoms with E-state index in [1.54, 1.807) is 11.1 Å². The number of hydrogen-bond donors (Lipinski definition) is 0. The van der Waals surface area contributed by atoms with Crippen LogP contribution >= 0.6 is 11.6 Å². The number of aliphatic imine (C=N–C) groups is 1. The van der Waals surface area contributed by atoms with Crippen molar-refractivity contribution in [1.29, 1.82) is 0 Å². The summed E-state index contributed by atoms with van der Waals surface area (Å²) in [5.41, 5.74) is 2.06. The van der Waals surface area contributed by atoms with Crippen molar-refractivity contribution in [2.45, 2.75) is 64.7 Å². The minimum Gasteiger partial charge on any atom is -0.474 e. The van der Waals surface area contributed by atoms with Gasteiger partial charge in [0.15, 0.2) is 0 Å². The van der Waals surface area contributed by atoms with Crippen LogP contribution in [-0.4, -0.2) is 47.1 Å². The normalized spacial score (nSPS) is 21.0. The fraction of sp³-hybridized carbons (Fsp3) is 0.464. The molecular formula is C28H35ClN4O3. The van der Waals surface area contributed by atoms with Gasteiger partial charge in [-0.25, -0.2) is 9.78 Å². The minimum absolute atomic E-state index is 0.135. The summed E-state index contributed by atoms with van der Waals surface area (Å²) in [6, 6.07) is 11.5. The molecule has 1 saturated carbocycles. The standard InChI is InChI=1S/C28H35ClN4O3/c1-19-17-32(27(34)36-28(2,3)4)18-21-16-22(29)11-14-24(21)33(19)26(30-5)20-9-12-23(13-10-20)35-25-8-6-7-15-31-25/h6-8,11,14-16,20,23H,1,9-10,12-13,17-18H2,2-5H3. The van der Waals surface area contributed by atoms with Crippen molar-refractivity contribution in [2.24, 2.45) is 10.9 Å². The van der Waals surface area contributed by atoms with Gasteiger partial charge in [-0.2, -0.15) is 0 Å². The molecule has 4 rings (SSSR count). The highest BCUT2D eigenvalue weighted by atomic mass is 35.5. The number of aromatic nitrogens is 1. The molecule has 0 atom stereocenters. The Hall–Kier alpha value is -3.06. The second-order valence-electron chi connectivity index (χ2n) is 10.4. The lowest BCUT2D eigenvalue weighted by molar-refractivity contribution is 0.0254. The van der Waals surface area contributed by atoms with Crippen molar-refractivity contribution < 1.29 is 14.3 Å². The average molecular weight is 511 g/mol. The fourth-order valence-electron chi connectivity index (χ4n) is 4.85. The molecule has 192 valence electrons. The maximum absolute atomic E-state index is 13.0. The van der Waals surface area contributed by atoms with Gasteiger partial charge in [-0.3, -0.25) is 9.89 Å². The molecule has 7 nitrogen and oxygen atoms in total. The molecule has 2 heterocycles. The number of amides is 1. The van der Waals surface area contributed by atoms with E-state index in [2.05, 4.69) is 16.5 Å². The van der Waals surface area contributed by atoms with Gasteiger partial charge < -0.3 is 14.4 Å². The van der Waals surface area contributed by atoms with Gasteiger partial charge in [0.05, 0.1) is 18.8 Å². The number of hydrogen-bond acceptors (Lipinski definition) is 5. The number of carbonyl (C=O) groups is 1. The average Bonchev–Trinajstić information content (AvgIpc) is 2.96. The van der Waals surface area contributed by atoms with Crippen LogP contribution in [0.1, 0.15) is 52.0 Å². The predicted molar refractivity (Wildman–Crippen MR) is 144 cm³/mol. The Bertz CT molecular complexity index is 1120. The van der Waals surface area contributed by atoms with E-state index < -0.39 is 5.60 Å². The molecular weight excluding hydrogens is 476 g/mol. The van der Waals surface area contributed by atoms with Gasteiger partial charge in [-0.15, -0.1) is 0 Å². The summed E-state index contributed by atoms with van der Waals surface area (Å²) >= 11 is 6.37. The quantitative estimate of drug-likeness (QED) is 0.349. The molecule has 1 aromatic carbocycles. The van der Waals surface area contributed by atoms with E-state index in [0.717, 1.165) is 48.5 Å². The van der Waals surface area contributed by atoms with Crippen LogP contribution < -0.4 is 9.64 Å². The highest BCUT2D eigenvalue weighted by molar-refractivity contribution is 6.30. The summed E-state index contributed by atoms with van der Waals surface area (Å²) in [4.78, 5) is 25.8. The molecule has 0 radical (unpaired) electrons. The smallest absolute Gasteiger partial charge is 0.410 e. The summed E-state index contributed by atoms with van der Waals surface area (Å²) < 4.78 is 11.8. The molecule has 2 aromatic rings. The number of amidine groups is 1. The van der Waals surface area contributed by atoms with Gasteiger partial charge in [-0.05, 0) is 76.3 Å². The van der Waals surface area contributed by atoms with E-state index in [4.69, 9.17) is 26.1 Å². The Morgan fingerprint density at radius 1 is 1.14 bits per heavy atom. The monoisotopic (exact) mass is 510 g/mol. The van der Waals surface area contributed by atoms with Crippen LogP contribution in [0.4, 0.5) is 10.5 Å². The molecule has 36 heavy (non-hydrogen) atoms. The third-order valence-corrected chi connectivity index (χ3v) is 6.64. The molecule has 1 fully saturated rings. The van der Waals surface area contributed by atoms with Crippen molar-refractivity contribution in [1.82, 2.24) is 9.88 Å². The first-order valence-corrected chi connectivity index (χ1v) is 12.8. The van der Waals surface area contributed by atoms with Crippen molar-refractivity contribution in [3.05, 3.63) is 65.5 Å². The van der Waals surface area contributed by atoms with Crippen molar-refractivity contribution in [2.75, 3.05) is 18.5 Å². The largest absolute Gasteiger partial charge is 0.474 e. The van der Waals surface area contributed by atoms with Gasteiger partial charge in [0.1, 0.15) is 17.5 Å². The Kier molecular flexibility index (Phi) is 7.88. The number of ether oxygens (including phenoxy) is 2. The number of nitrogens with zero attached hydrogens (tertiary/aromatic N) is 4. The second-order valence-corrected chi connectivity index (χ2v) is 10.8. The maximum atomic E-state index is 13.0. The van der Waals surface area contributed by atoms with Gasteiger partial charge in [-0.1, -0.05) is 24.2 Å². The number of benzene rings is 1. The van der Waals surface area contributed by atoms with Crippen LogP contribution in [0.2, 0.25) is 5.02 Å². The summed E-state index contributed by atoms with van der Waals surface area (Å²) in [7, 11) is 1.82. The van der Waals surface area contributed by atoms with Crippen LogP contribution in [0.15, 0.2) is 59.9 Å². The molecule has 0 N–H and O–H groups in total. The topological polar surface area (TPSA) is 67.3 Å². The number of rotatable bonds is 3. The minimum atomic E-state index is -0.590. The predicted octanol–water partition coefficient (Wildman–Crippen LogP) is 6.47. The SMILES string of the molecule is C=C1CN(C(=O)OC(C)(C)C)Cc2cc(Cl)ccc2N1C(=NC)C1CCC(Oc2ccccn2)CC1. The van der Waals surface area contributed by atoms with Crippen LogP contribution in [0.25, 0.3) is 0 Å². The van der Waals surface area contributed by atoms with E-state index in [0.29, 0.717) is 24.0 Å². The van der Waals surface area contributed by atoms with E-state index >= 15 is 0 Å². The maximum Gasteiger partial charge on any atom is 0.410 e. The molecule has 0 bridgehead atoms. The lowest BCUT2D eigenvalue weighted by Gasteiger charge is -2.36. The Labute approximate surface area is 218 Å². The fourth-order valence-corrected chi connectivity index (χ4v) is 5.05. The van der Waals surface area contributed by atoms with E-state index in [9.17, 15) is 4.79 Å². The van der Waals surface area contributed by atoms with E-state index in [1.807, 2.05) is 64.2 Å². The zero-order chi connectivity index (χ0) is 25.9. The summed E-state index contributed by atoms with van der Waals surface area (Å²) in [5, 5.41) is 0.618. The molecule has 0 spiro atoms. The number of anilines is 1. The van der Waals surface area contributed by atoms with Crippen molar-refractivity contribution in [3.63, 3.8) is 0 Å². The van der Waals surface area contributed by atoms with Gasteiger partial charge in [0.2, 0.25) is 5.88 Å². The molecule has 1 aliphatic heterocycles. The zero-order valence-electron chi connectivity index (χ0n) is 21.5. The summed E-state index contributed by atoms with van der Waals surface area (Å²) in [6.07, 6.45) is 5.21. The van der Waals surface area contributed by atoms with Crippen molar-refractivity contribution in [3.8, 4) is 5.88 Å². The molecule has 1 aromatic heterocycles. The number of fused-ring (bicyclic) bond motifs is 1. The third-order valence-electron chi connectivity index (χ3n) is 6.41. The van der Waals surface area contributed by atoms with Crippen LogP contribution in [0.5, 0.6) is 5.88 Å². The van der Waals surface area contributed by atoms with Gasteiger partial charge in [0, 0.05) is 35.9 Å². The molecule has 1 aliphatic carbocycles. The molecule has 0 unspecified atom stereocenters. The number of halogens is 1. The molecule has 8 heteroatoms. The Morgan fingerprint density at radius 3 is 2.53 bits per heavy atom. The van der Waals surface area contributed by atoms with Gasteiger partial charge in [0.25, 0.3) is 0 Å². The van der Waals surface area contributed by atoms with Crippen LogP contribution in [0, 0.1) is 5.92 Å². The molecule has 2 aliphatic rings. The molecule has 1 amide bonds. The first-order chi connectivity index (χ1) is 17.1. The second kappa shape index (κ2) is 10.9. The Morgan fingerprint density at radius 2 is 1.89 bits per heavy atom. The number of pyridine rings is 1. The van der Waals surface area contributed by atoms with Crippen molar-refractivity contribution >= 4 is 29.2 Å². The lowest BCUT2D eigenvalue weighted by atomic mass is 9.85. The van der Waals surface area contributed by atoms with Gasteiger partial charge >= 0.3 is 6.09 Å². The first-order valence-electron chi connectivity index (χ1n) is 12.4. The Balaban J connectivity index is 1.55. The lowest BCUT2D eigenvalue weighted by Crippen LogP contribution is -2.41. The highest BCUT2D eigenvalue weighted by Crippen LogP contribution is 2.36. The highest BCUT2D eigenvalue weighted by Gasteiger charge is 2.35. The number of carbonyl (C=O) groups excluding carboxylic acids is 1. The van der Waals surface area contributed by atoms with Crippen LogP contribution in [0.3, 0.4) is 0 Å². The molecule has 0 saturated heterocycles. The van der Waals surface area contributed by atoms with E-state index in [1.165, 1.54) is 0 Å². The van der Waals surface area contributed by atoms with E-state index in [-0.39, 0.29) is 18.1 Å².